The minimum absolute atomic E-state index is 0.215. The predicted molar refractivity (Wildman–Crippen MR) is 91.0 cm³/mol. The highest BCUT2D eigenvalue weighted by molar-refractivity contribution is 6.04. The van der Waals surface area contributed by atoms with Crippen LogP contribution < -0.4 is 5.32 Å². The maximum absolute atomic E-state index is 12.5. The maximum atomic E-state index is 12.5. The molecule has 5 heteroatoms. The highest BCUT2D eigenvalue weighted by atomic mass is 16.5. The summed E-state index contributed by atoms with van der Waals surface area (Å²) in [4.78, 5) is 36.1. The molecular formula is C19H19NO4. The van der Waals surface area contributed by atoms with Crippen LogP contribution in [0, 0.1) is 0 Å². The van der Waals surface area contributed by atoms with Gasteiger partial charge in [-0.25, -0.2) is 4.79 Å². The summed E-state index contributed by atoms with van der Waals surface area (Å²) in [6.07, 6.45) is -0.507. The number of esters is 1. The van der Waals surface area contributed by atoms with Crippen molar-refractivity contribution in [2.45, 2.75) is 26.4 Å². The standard InChI is InChI=1S/C19H19NO4/c1-3-17(18(22)14-9-5-4-6-10-14)24-19(23)15-11-7-8-12-16(15)20-13(2)21/h4-12,17H,3H2,1-2H3,(H,20,21)/t17-/m0/s1. The molecule has 2 aromatic carbocycles. The topological polar surface area (TPSA) is 72.5 Å². The van der Waals surface area contributed by atoms with Crippen molar-refractivity contribution < 1.29 is 19.1 Å². The first-order chi connectivity index (χ1) is 11.5. The van der Waals surface area contributed by atoms with Crippen LogP contribution in [0.1, 0.15) is 41.0 Å². The Morgan fingerprint density at radius 3 is 2.25 bits per heavy atom. The number of ether oxygens (including phenoxy) is 1. The highest BCUT2D eigenvalue weighted by Crippen LogP contribution is 2.18. The second-order valence-corrected chi connectivity index (χ2v) is 5.26. The van der Waals surface area contributed by atoms with E-state index < -0.39 is 12.1 Å². The summed E-state index contributed by atoms with van der Waals surface area (Å²) in [5.74, 6) is -1.18. The van der Waals surface area contributed by atoms with Gasteiger partial charge in [-0.05, 0) is 18.6 Å². The van der Waals surface area contributed by atoms with Gasteiger partial charge in [0.2, 0.25) is 11.7 Å². The van der Waals surface area contributed by atoms with Gasteiger partial charge in [0, 0.05) is 12.5 Å². The first-order valence-electron chi connectivity index (χ1n) is 7.69. The van der Waals surface area contributed by atoms with Gasteiger partial charge in [0.15, 0.2) is 6.10 Å². The minimum Gasteiger partial charge on any atom is -0.450 e. The van der Waals surface area contributed by atoms with Crippen LogP contribution in [-0.2, 0) is 9.53 Å². The third-order valence-electron chi connectivity index (χ3n) is 3.43. The van der Waals surface area contributed by atoms with E-state index in [-0.39, 0.29) is 17.3 Å². The van der Waals surface area contributed by atoms with Crippen LogP contribution in [0.2, 0.25) is 0 Å². The van der Waals surface area contributed by atoms with E-state index >= 15 is 0 Å². The Morgan fingerprint density at radius 2 is 1.62 bits per heavy atom. The second kappa shape index (κ2) is 8.06. The fourth-order valence-corrected chi connectivity index (χ4v) is 2.26. The summed E-state index contributed by atoms with van der Waals surface area (Å²) in [6.45, 7) is 3.13. The molecule has 0 saturated carbocycles. The van der Waals surface area contributed by atoms with Crippen LogP contribution in [0.4, 0.5) is 5.69 Å². The van der Waals surface area contributed by atoms with Gasteiger partial charge in [-0.3, -0.25) is 9.59 Å². The fraction of sp³-hybridized carbons (Fsp3) is 0.211. The molecule has 24 heavy (non-hydrogen) atoms. The van der Waals surface area contributed by atoms with E-state index in [1.165, 1.54) is 6.92 Å². The van der Waals surface area contributed by atoms with Crippen molar-refractivity contribution in [3.63, 3.8) is 0 Å². The SMILES string of the molecule is CC[C@H](OC(=O)c1ccccc1NC(C)=O)C(=O)c1ccccc1. The van der Waals surface area contributed by atoms with Gasteiger partial charge in [-0.2, -0.15) is 0 Å². The van der Waals surface area contributed by atoms with Crippen LogP contribution in [0.3, 0.4) is 0 Å². The molecule has 0 aliphatic carbocycles. The van der Waals surface area contributed by atoms with Gasteiger partial charge < -0.3 is 10.1 Å². The van der Waals surface area contributed by atoms with Gasteiger partial charge in [0.05, 0.1) is 11.3 Å². The lowest BCUT2D eigenvalue weighted by Gasteiger charge is -2.16. The Morgan fingerprint density at radius 1 is 1.00 bits per heavy atom. The van der Waals surface area contributed by atoms with E-state index in [1.54, 1.807) is 55.5 Å². The number of benzene rings is 2. The summed E-state index contributed by atoms with van der Waals surface area (Å²) < 4.78 is 5.38. The number of ketones is 1. The molecular weight excluding hydrogens is 306 g/mol. The third-order valence-corrected chi connectivity index (χ3v) is 3.43. The van der Waals surface area contributed by atoms with E-state index in [0.717, 1.165) is 0 Å². The summed E-state index contributed by atoms with van der Waals surface area (Å²) in [6, 6.07) is 15.2. The number of hydrogen-bond acceptors (Lipinski definition) is 4. The van der Waals surface area contributed by atoms with Crippen LogP contribution in [0.5, 0.6) is 0 Å². The lowest BCUT2D eigenvalue weighted by Crippen LogP contribution is -2.27. The van der Waals surface area contributed by atoms with Gasteiger partial charge >= 0.3 is 5.97 Å². The second-order valence-electron chi connectivity index (χ2n) is 5.26. The number of hydrogen-bond donors (Lipinski definition) is 1. The zero-order valence-corrected chi connectivity index (χ0v) is 13.6. The van der Waals surface area contributed by atoms with Crippen LogP contribution in [0.25, 0.3) is 0 Å². The number of anilines is 1. The lowest BCUT2D eigenvalue weighted by atomic mass is 10.0. The summed E-state index contributed by atoms with van der Waals surface area (Å²) in [7, 11) is 0. The van der Waals surface area contributed by atoms with Gasteiger partial charge in [-0.15, -0.1) is 0 Å². The van der Waals surface area contributed by atoms with Crippen molar-refractivity contribution >= 4 is 23.3 Å². The summed E-state index contributed by atoms with van der Waals surface area (Å²) in [5, 5.41) is 2.58. The van der Waals surface area contributed by atoms with E-state index in [9.17, 15) is 14.4 Å². The Kier molecular flexibility index (Phi) is 5.84. The molecule has 124 valence electrons. The number of carbonyl (C=O) groups is 3. The number of nitrogens with one attached hydrogen (secondary N) is 1. The number of carbonyl (C=O) groups excluding carboxylic acids is 3. The van der Waals surface area contributed by atoms with Gasteiger partial charge in [0.1, 0.15) is 0 Å². The monoisotopic (exact) mass is 325 g/mol. The molecule has 0 radical (unpaired) electrons. The van der Waals surface area contributed by atoms with Gasteiger partial charge in [0.25, 0.3) is 0 Å². The Hall–Kier alpha value is -2.95. The van der Waals surface area contributed by atoms with Crippen molar-refractivity contribution in [2.24, 2.45) is 0 Å². The average molecular weight is 325 g/mol. The largest absolute Gasteiger partial charge is 0.450 e. The van der Waals surface area contributed by atoms with Crippen molar-refractivity contribution in [1.82, 2.24) is 0 Å². The Labute approximate surface area is 140 Å². The van der Waals surface area contributed by atoms with E-state index in [0.29, 0.717) is 17.7 Å². The van der Waals surface area contributed by atoms with E-state index in [2.05, 4.69) is 5.32 Å². The van der Waals surface area contributed by atoms with Crippen molar-refractivity contribution in [3.05, 3.63) is 65.7 Å². The highest BCUT2D eigenvalue weighted by Gasteiger charge is 2.24. The maximum Gasteiger partial charge on any atom is 0.340 e. The van der Waals surface area contributed by atoms with Crippen molar-refractivity contribution in [3.8, 4) is 0 Å². The molecule has 2 aromatic rings. The molecule has 2 rings (SSSR count). The fourth-order valence-electron chi connectivity index (χ4n) is 2.26. The van der Waals surface area contributed by atoms with Crippen LogP contribution in [0.15, 0.2) is 54.6 Å². The normalized spacial score (nSPS) is 11.4. The van der Waals surface area contributed by atoms with Gasteiger partial charge in [-0.1, -0.05) is 49.4 Å². The molecule has 5 nitrogen and oxygen atoms in total. The molecule has 0 aliphatic rings. The first kappa shape index (κ1) is 17.4. The molecule has 0 bridgehead atoms. The molecule has 1 amide bonds. The van der Waals surface area contributed by atoms with Crippen LogP contribution in [-0.4, -0.2) is 23.8 Å². The zero-order chi connectivity index (χ0) is 17.5. The predicted octanol–water partition coefficient (Wildman–Crippen LogP) is 3.46. The Bertz CT molecular complexity index is 740. The lowest BCUT2D eigenvalue weighted by molar-refractivity contribution is -0.114. The first-order valence-corrected chi connectivity index (χ1v) is 7.69. The summed E-state index contributed by atoms with van der Waals surface area (Å²) >= 11 is 0. The number of para-hydroxylation sites is 1. The number of rotatable bonds is 6. The van der Waals surface area contributed by atoms with E-state index in [1.807, 2.05) is 6.07 Å². The molecule has 0 spiro atoms. The third kappa shape index (κ3) is 4.29. The molecule has 0 saturated heterocycles. The molecule has 0 fully saturated rings. The smallest absolute Gasteiger partial charge is 0.340 e. The average Bonchev–Trinajstić information content (AvgIpc) is 2.59. The van der Waals surface area contributed by atoms with E-state index in [4.69, 9.17) is 4.74 Å². The number of amides is 1. The van der Waals surface area contributed by atoms with Crippen molar-refractivity contribution in [1.29, 1.82) is 0 Å². The minimum atomic E-state index is -0.870. The number of Topliss-reactive ketones (excluding diaryl/α,β-unsaturated/α-hetero) is 1. The molecule has 0 unspecified atom stereocenters. The molecule has 1 atom stereocenters. The summed E-state index contributed by atoms with van der Waals surface area (Å²) in [5.41, 5.74) is 1.07. The molecule has 0 aromatic heterocycles. The quantitative estimate of drug-likeness (QED) is 0.652. The van der Waals surface area contributed by atoms with Crippen molar-refractivity contribution in [2.75, 3.05) is 5.32 Å². The zero-order valence-electron chi connectivity index (χ0n) is 13.6. The Balaban J connectivity index is 2.18. The molecule has 0 heterocycles. The molecule has 1 N–H and O–H groups in total. The molecule has 0 aliphatic heterocycles. The van der Waals surface area contributed by atoms with Crippen LogP contribution >= 0.6 is 0 Å².